The topological polar surface area (TPSA) is 105 Å². The Balaban J connectivity index is 1.51. The number of aliphatic hydroxyl groups excluding tert-OH is 1. The third kappa shape index (κ3) is 3.34. The summed E-state index contributed by atoms with van der Waals surface area (Å²) in [6, 6.07) is 7.32. The van der Waals surface area contributed by atoms with Gasteiger partial charge in [0.2, 0.25) is 5.82 Å². The first-order chi connectivity index (χ1) is 12.2. The first kappa shape index (κ1) is 15.6. The molecule has 0 saturated heterocycles. The lowest BCUT2D eigenvalue weighted by Crippen LogP contribution is -2.48. The fourth-order valence-corrected chi connectivity index (χ4v) is 3.10. The summed E-state index contributed by atoms with van der Waals surface area (Å²) in [7, 11) is 0. The molecule has 128 valence electrons. The summed E-state index contributed by atoms with van der Waals surface area (Å²) >= 11 is 0. The fraction of sp³-hybridized carbons (Fsp3) is 0.353. The Morgan fingerprint density at radius 3 is 2.84 bits per heavy atom. The molecule has 3 aromatic rings. The predicted octanol–water partition coefficient (Wildman–Crippen LogP) is 0.631. The van der Waals surface area contributed by atoms with Crippen molar-refractivity contribution < 1.29 is 9.90 Å². The molecular formula is C17H18N6O2. The molecule has 1 saturated carbocycles. The van der Waals surface area contributed by atoms with Crippen molar-refractivity contribution in [2.75, 3.05) is 0 Å². The van der Waals surface area contributed by atoms with Gasteiger partial charge in [-0.3, -0.25) is 9.78 Å². The second-order valence-electron chi connectivity index (χ2n) is 6.29. The summed E-state index contributed by atoms with van der Waals surface area (Å²) in [6.45, 7) is 0. The van der Waals surface area contributed by atoms with E-state index >= 15 is 0 Å². The molecule has 4 rings (SSSR count). The van der Waals surface area contributed by atoms with Crippen molar-refractivity contribution in [2.45, 2.75) is 31.4 Å². The van der Waals surface area contributed by atoms with Crippen molar-refractivity contribution in [1.82, 2.24) is 29.9 Å². The Morgan fingerprint density at radius 2 is 2.12 bits per heavy atom. The van der Waals surface area contributed by atoms with E-state index in [-0.39, 0.29) is 29.8 Å². The minimum atomic E-state index is -0.340. The Morgan fingerprint density at radius 1 is 1.28 bits per heavy atom. The van der Waals surface area contributed by atoms with E-state index in [0.717, 1.165) is 5.69 Å². The Hall–Kier alpha value is -2.87. The minimum absolute atomic E-state index is 0.0876. The van der Waals surface area contributed by atoms with Gasteiger partial charge in [0.05, 0.1) is 6.10 Å². The Kier molecular flexibility index (Phi) is 4.10. The average molecular weight is 338 g/mol. The molecule has 2 N–H and O–H groups in total. The van der Waals surface area contributed by atoms with Crippen LogP contribution in [0.1, 0.15) is 29.2 Å². The molecule has 0 aromatic carbocycles. The van der Waals surface area contributed by atoms with Crippen LogP contribution in [0.3, 0.4) is 0 Å². The maximum absolute atomic E-state index is 12.6. The van der Waals surface area contributed by atoms with Gasteiger partial charge in [0.1, 0.15) is 0 Å². The smallest absolute Gasteiger partial charge is 0.291 e. The number of amides is 1. The number of nitrogens with zero attached hydrogens (tertiary/aromatic N) is 5. The van der Waals surface area contributed by atoms with Crippen molar-refractivity contribution in [2.24, 2.45) is 5.92 Å². The van der Waals surface area contributed by atoms with E-state index in [2.05, 4.69) is 25.4 Å². The van der Waals surface area contributed by atoms with Gasteiger partial charge in [-0.25, -0.2) is 9.50 Å². The van der Waals surface area contributed by atoms with Crippen LogP contribution in [0.4, 0.5) is 0 Å². The van der Waals surface area contributed by atoms with Gasteiger partial charge in [-0.05, 0) is 37.0 Å². The third-order valence-electron chi connectivity index (χ3n) is 4.51. The zero-order valence-electron chi connectivity index (χ0n) is 13.5. The maximum atomic E-state index is 12.6. The van der Waals surface area contributed by atoms with Crippen LogP contribution in [-0.4, -0.2) is 47.7 Å². The predicted molar refractivity (Wildman–Crippen MR) is 88.7 cm³/mol. The summed E-state index contributed by atoms with van der Waals surface area (Å²) < 4.78 is 1.47. The fourth-order valence-electron chi connectivity index (χ4n) is 3.10. The summed E-state index contributed by atoms with van der Waals surface area (Å²) in [5, 5.41) is 16.8. The van der Waals surface area contributed by atoms with Crippen LogP contribution in [0.2, 0.25) is 0 Å². The lowest BCUT2D eigenvalue weighted by atomic mass is 9.76. The van der Waals surface area contributed by atoms with Crippen LogP contribution in [0, 0.1) is 5.92 Å². The number of rotatable bonds is 5. The van der Waals surface area contributed by atoms with E-state index in [1.165, 1.54) is 4.52 Å². The molecule has 3 heterocycles. The highest BCUT2D eigenvalue weighted by atomic mass is 16.3. The molecular weight excluding hydrogens is 320 g/mol. The molecule has 1 fully saturated rings. The molecule has 0 radical (unpaired) electrons. The first-order valence-electron chi connectivity index (χ1n) is 8.25. The van der Waals surface area contributed by atoms with E-state index in [1.54, 1.807) is 24.7 Å². The number of carbonyl (C=O) groups is 1. The standard InChI is InChI=1S/C17H18N6O2/c24-13-8-11(9-13)14(10-12-4-1-2-5-18-12)20-16(25)15-21-17-19-6-3-7-23(17)22-15/h1-7,11,13-14,24H,8-10H2,(H,20,25)/t11?,13?,14-/m1/s1. The van der Waals surface area contributed by atoms with Crippen LogP contribution in [0.15, 0.2) is 42.9 Å². The zero-order valence-corrected chi connectivity index (χ0v) is 13.5. The molecule has 25 heavy (non-hydrogen) atoms. The molecule has 1 aliphatic carbocycles. The van der Waals surface area contributed by atoms with Gasteiger partial charge in [-0.15, -0.1) is 5.10 Å². The van der Waals surface area contributed by atoms with Gasteiger partial charge in [0, 0.05) is 36.7 Å². The van der Waals surface area contributed by atoms with E-state index < -0.39 is 0 Å². The van der Waals surface area contributed by atoms with E-state index in [0.29, 0.717) is 25.0 Å². The zero-order chi connectivity index (χ0) is 17.2. The molecule has 1 atom stereocenters. The second kappa shape index (κ2) is 6.56. The third-order valence-corrected chi connectivity index (χ3v) is 4.51. The molecule has 1 aliphatic rings. The van der Waals surface area contributed by atoms with Crippen molar-refractivity contribution in [3.8, 4) is 0 Å². The van der Waals surface area contributed by atoms with Gasteiger partial charge in [-0.2, -0.15) is 4.98 Å². The highest BCUT2D eigenvalue weighted by Gasteiger charge is 2.35. The van der Waals surface area contributed by atoms with Gasteiger partial charge in [0.15, 0.2) is 0 Å². The quantitative estimate of drug-likeness (QED) is 0.707. The summed E-state index contributed by atoms with van der Waals surface area (Å²) in [6.07, 6.45) is 6.71. The molecule has 1 amide bonds. The van der Waals surface area contributed by atoms with E-state index in [1.807, 2.05) is 18.2 Å². The van der Waals surface area contributed by atoms with Crippen LogP contribution in [0.5, 0.6) is 0 Å². The van der Waals surface area contributed by atoms with Crippen LogP contribution in [-0.2, 0) is 6.42 Å². The normalized spacial score (nSPS) is 20.8. The highest BCUT2D eigenvalue weighted by molar-refractivity contribution is 5.91. The number of hydrogen-bond acceptors (Lipinski definition) is 6. The number of pyridine rings is 1. The summed E-state index contributed by atoms with van der Waals surface area (Å²) in [4.78, 5) is 25.1. The number of aliphatic hydroxyl groups is 1. The SMILES string of the molecule is O=C(N[C@H](Cc1ccccn1)C1CC(O)C1)c1nc2ncccn2n1. The molecule has 0 bridgehead atoms. The second-order valence-corrected chi connectivity index (χ2v) is 6.29. The monoisotopic (exact) mass is 338 g/mol. The van der Waals surface area contributed by atoms with Crippen molar-refractivity contribution in [3.63, 3.8) is 0 Å². The van der Waals surface area contributed by atoms with Crippen LogP contribution < -0.4 is 5.32 Å². The van der Waals surface area contributed by atoms with Gasteiger partial charge < -0.3 is 10.4 Å². The minimum Gasteiger partial charge on any atom is -0.393 e. The molecule has 0 spiro atoms. The maximum Gasteiger partial charge on any atom is 0.291 e. The van der Waals surface area contributed by atoms with Crippen molar-refractivity contribution in [1.29, 1.82) is 0 Å². The molecule has 3 aromatic heterocycles. The lowest BCUT2D eigenvalue weighted by molar-refractivity contribution is 0.0236. The van der Waals surface area contributed by atoms with Crippen LogP contribution in [0.25, 0.3) is 5.78 Å². The first-order valence-corrected chi connectivity index (χ1v) is 8.25. The van der Waals surface area contributed by atoms with E-state index in [9.17, 15) is 9.90 Å². The Bertz CT molecular complexity index is 842. The van der Waals surface area contributed by atoms with E-state index in [4.69, 9.17) is 0 Å². The number of fused-ring (bicyclic) bond motifs is 1. The number of carbonyl (C=O) groups excluding carboxylic acids is 1. The Labute approximate surface area is 144 Å². The highest BCUT2D eigenvalue weighted by Crippen LogP contribution is 2.31. The van der Waals surface area contributed by atoms with Gasteiger partial charge in [-0.1, -0.05) is 6.07 Å². The van der Waals surface area contributed by atoms with Crippen molar-refractivity contribution >= 4 is 11.7 Å². The molecule has 8 nitrogen and oxygen atoms in total. The van der Waals surface area contributed by atoms with Gasteiger partial charge in [0.25, 0.3) is 11.7 Å². The summed E-state index contributed by atoms with van der Waals surface area (Å²) in [5.41, 5.74) is 0.902. The lowest BCUT2D eigenvalue weighted by Gasteiger charge is -2.37. The van der Waals surface area contributed by atoms with Crippen molar-refractivity contribution in [3.05, 3.63) is 54.4 Å². The average Bonchev–Trinajstić information content (AvgIpc) is 3.04. The number of aromatic nitrogens is 5. The largest absolute Gasteiger partial charge is 0.393 e. The van der Waals surface area contributed by atoms with Gasteiger partial charge >= 0.3 is 0 Å². The molecule has 8 heteroatoms. The number of hydrogen-bond donors (Lipinski definition) is 2. The summed E-state index contributed by atoms with van der Waals surface area (Å²) in [5.74, 6) is 0.349. The molecule has 0 unspecified atom stereocenters. The molecule has 0 aliphatic heterocycles. The van der Waals surface area contributed by atoms with Crippen LogP contribution >= 0.6 is 0 Å². The number of nitrogens with one attached hydrogen (secondary N) is 1.